The number of hydrogen-bond donors (Lipinski definition) is 3. The molecule has 5 heterocycles. The van der Waals surface area contributed by atoms with Crippen LogP contribution in [0.5, 0.6) is 0 Å². The van der Waals surface area contributed by atoms with Gasteiger partial charge in [0.15, 0.2) is 11.6 Å². The third-order valence-corrected chi connectivity index (χ3v) is 10.6. The van der Waals surface area contributed by atoms with Crippen molar-refractivity contribution in [3.8, 4) is 0 Å². The highest BCUT2D eigenvalue weighted by Gasteiger charge is 2.40. The molecule has 1 saturated heterocycles. The van der Waals surface area contributed by atoms with Crippen LogP contribution >= 0.6 is 11.6 Å². The number of nitrogens with zero attached hydrogens (tertiary/aromatic N) is 9. The van der Waals surface area contributed by atoms with Crippen LogP contribution in [-0.2, 0) is 57.1 Å². The Labute approximate surface area is 363 Å². The summed E-state index contributed by atoms with van der Waals surface area (Å²) in [5.74, 6) is -6.15. The molecule has 0 spiro atoms. The van der Waals surface area contributed by atoms with Crippen molar-refractivity contribution in [1.82, 2.24) is 49.1 Å². The van der Waals surface area contributed by atoms with Crippen molar-refractivity contribution in [3.05, 3.63) is 121 Å². The number of carbonyl (C=O) groups is 4. The number of fused-ring (bicyclic) bond motifs is 2. The smallest absolute Gasteiger partial charge is 0.355 e. The Morgan fingerprint density at radius 3 is 2.55 bits per heavy atom. The van der Waals surface area contributed by atoms with Gasteiger partial charge in [-0.05, 0) is 36.2 Å². The van der Waals surface area contributed by atoms with Gasteiger partial charge in [-0.15, -0.1) is 5.10 Å². The van der Waals surface area contributed by atoms with Gasteiger partial charge in [0.05, 0.1) is 73.1 Å². The summed E-state index contributed by atoms with van der Waals surface area (Å²) in [6.45, 7) is -0.812. The Hall–Kier alpha value is -7.24. The highest BCUT2D eigenvalue weighted by molar-refractivity contribution is 6.34. The first-order valence-electron chi connectivity index (χ1n) is 19.6. The van der Waals surface area contributed by atoms with Crippen LogP contribution in [0.15, 0.2) is 64.4 Å². The van der Waals surface area contributed by atoms with E-state index < -0.39 is 77.2 Å². The summed E-state index contributed by atoms with van der Waals surface area (Å²) in [6, 6.07) is 8.29. The minimum atomic E-state index is -1.43. The lowest BCUT2D eigenvalue weighted by Crippen LogP contribution is -2.52. The summed E-state index contributed by atoms with van der Waals surface area (Å²) >= 11 is 6.47. The molecule has 3 aromatic carbocycles. The molecular formula is C40H36ClF3N12O8. The quantitative estimate of drug-likeness (QED) is 0.0720. The van der Waals surface area contributed by atoms with E-state index in [2.05, 4.69) is 36.3 Å². The number of hydrogen-bond acceptors (Lipinski definition) is 13. The van der Waals surface area contributed by atoms with Gasteiger partial charge < -0.3 is 25.0 Å². The Morgan fingerprint density at radius 2 is 1.73 bits per heavy atom. The number of halogens is 4. The minimum Gasteiger partial charge on any atom is -0.377 e. The van der Waals surface area contributed by atoms with E-state index >= 15 is 0 Å². The van der Waals surface area contributed by atoms with E-state index in [0.29, 0.717) is 33.2 Å². The molecule has 1 fully saturated rings. The number of imide groups is 1. The van der Waals surface area contributed by atoms with Gasteiger partial charge in [-0.3, -0.25) is 33.7 Å². The molecule has 64 heavy (non-hydrogen) atoms. The number of rotatable bonds is 16. The van der Waals surface area contributed by atoms with Gasteiger partial charge in [-0.2, -0.15) is 10.1 Å². The number of amides is 4. The topological polar surface area (TPSA) is 231 Å². The average Bonchev–Trinajstić information content (AvgIpc) is 3.95. The molecule has 4 amide bonds. The molecule has 3 aromatic heterocycles. The molecule has 1 atom stereocenters. The fraction of sp³-hybridized carbons (Fsp3) is 0.300. The van der Waals surface area contributed by atoms with E-state index in [4.69, 9.17) is 21.1 Å². The molecule has 3 N–H and O–H groups in total. The minimum absolute atomic E-state index is 0.0386. The molecule has 2 aliphatic rings. The van der Waals surface area contributed by atoms with Gasteiger partial charge in [-0.1, -0.05) is 28.9 Å². The predicted octanol–water partition coefficient (Wildman–Crippen LogP) is 2.23. The molecule has 0 bridgehead atoms. The highest BCUT2D eigenvalue weighted by atomic mass is 35.5. The standard InChI is InChI=1S/C40H36ClF3N12O8/c1-52-15-23-12-31(25(41)13-30(23)50-52)46-38-48-39(61)56(40(62)55(38)17-22-11-27(43)28(44)14-26(22)42)19-24-18-53(51-49-24)7-8-63-9-10-64-20-34(58)45-29-4-2-3-21-16-54(37(60)35(21)29)32-5-6-33(57)47-36(32)59/h2-4,11-15,18,32H,5-10,16-17,19-20H2,1H3,(H,45,58)(H,46,48,61)(H,47,57,59). The zero-order chi connectivity index (χ0) is 45.2. The van der Waals surface area contributed by atoms with E-state index in [9.17, 15) is 41.9 Å². The normalized spacial score (nSPS) is 14.9. The van der Waals surface area contributed by atoms with Crippen molar-refractivity contribution in [3.63, 3.8) is 0 Å². The third kappa shape index (κ3) is 9.26. The number of piperidine rings is 1. The largest absolute Gasteiger partial charge is 0.377 e. The second-order valence-corrected chi connectivity index (χ2v) is 15.2. The maximum Gasteiger partial charge on any atom is 0.355 e. The Bertz CT molecular complexity index is 2970. The van der Waals surface area contributed by atoms with E-state index in [1.807, 2.05) is 0 Å². The summed E-state index contributed by atoms with van der Waals surface area (Å²) in [5.41, 5.74) is -0.287. The van der Waals surface area contributed by atoms with Gasteiger partial charge in [0, 0.05) is 43.2 Å². The van der Waals surface area contributed by atoms with Crippen LogP contribution in [0.1, 0.15) is 40.0 Å². The summed E-state index contributed by atoms with van der Waals surface area (Å²) in [5, 5.41) is 20.9. The van der Waals surface area contributed by atoms with Crippen molar-refractivity contribution < 1.29 is 41.8 Å². The van der Waals surface area contributed by atoms with Crippen molar-refractivity contribution in [2.24, 2.45) is 7.05 Å². The molecule has 2 aliphatic heterocycles. The summed E-state index contributed by atoms with van der Waals surface area (Å²) in [6.07, 6.45) is 3.49. The van der Waals surface area contributed by atoms with Crippen molar-refractivity contribution >= 4 is 63.5 Å². The third-order valence-electron chi connectivity index (χ3n) is 10.3. The predicted molar refractivity (Wildman–Crippen MR) is 219 cm³/mol. The molecule has 6 aromatic rings. The monoisotopic (exact) mass is 904 g/mol. The SMILES string of the molecule is Cn1cc2cc(Nc3nc(=O)n(Cc4cn(CCOCCOCC(=O)Nc5cccc6c5C(=O)N(C5CCC(=O)NC5=O)C6)nn4)c(=O)n3Cc3cc(F)c(F)cc3F)c(Cl)cc2n1. The van der Waals surface area contributed by atoms with Gasteiger partial charge in [-0.25, -0.2) is 32.0 Å². The summed E-state index contributed by atoms with van der Waals surface area (Å²) < 4.78 is 58.4. The van der Waals surface area contributed by atoms with Crippen LogP contribution in [0.2, 0.25) is 5.02 Å². The van der Waals surface area contributed by atoms with Crippen molar-refractivity contribution in [1.29, 1.82) is 0 Å². The van der Waals surface area contributed by atoms with Crippen molar-refractivity contribution in [2.45, 2.75) is 45.1 Å². The van der Waals surface area contributed by atoms with Gasteiger partial charge in [0.2, 0.25) is 23.7 Å². The van der Waals surface area contributed by atoms with E-state index in [0.717, 1.165) is 4.57 Å². The molecule has 0 aliphatic carbocycles. The first-order valence-corrected chi connectivity index (χ1v) is 20.0. The second-order valence-electron chi connectivity index (χ2n) is 14.8. The van der Waals surface area contributed by atoms with Crippen LogP contribution in [0.25, 0.3) is 10.9 Å². The molecule has 0 radical (unpaired) electrons. The van der Waals surface area contributed by atoms with Crippen molar-refractivity contribution in [2.75, 3.05) is 37.1 Å². The number of ether oxygens (including phenoxy) is 2. The maximum absolute atomic E-state index is 14.8. The molecule has 332 valence electrons. The average molecular weight is 905 g/mol. The summed E-state index contributed by atoms with van der Waals surface area (Å²) in [4.78, 5) is 82.6. The van der Waals surface area contributed by atoms with Crippen LogP contribution in [0.4, 0.5) is 30.5 Å². The number of aryl methyl sites for hydroxylation is 1. The fourth-order valence-corrected chi connectivity index (χ4v) is 7.48. The molecule has 0 saturated carbocycles. The van der Waals surface area contributed by atoms with E-state index in [1.54, 1.807) is 48.3 Å². The zero-order valence-corrected chi connectivity index (χ0v) is 34.4. The number of benzene rings is 3. The summed E-state index contributed by atoms with van der Waals surface area (Å²) in [7, 11) is 1.71. The van der Waals surface area contributed by atoms with E-state index in [1.165, 1.54) is 15.8 Å². The Balaban J connectivity index is 0.850. The number of carbonyl (C=O) groups excluding carboxylic acids is 4. The van der Waals surface area contributed by atoms with Gasteiger partial charge >= 0.3 is 11.4 Å². The van der Waals surface area contributed by atoms with Gasteiger partial charge in [0.1, 0.15) is 24.2 Å². The lowest BCUT2D eigenvalue weighted by molar-refractivity contribution is -0.137. The fourth-order valence-electron chi connectivity index (χ4n) is 7.27. The molecule has 8 rings (SSSR count). The van der Waals surface area contributed by atoms with Crippen LogP contribution in [0, 0.1) is 17.5 Å². The van der Waals surface area contributed by atoms with Crippen LogP contribution in [0.3, 0.4) is 0 Å². The number of aromatic nitrogens is 8. The first kappa shape index (κ1) is 43.4. The molecule has 20 nitrogen and oxygen atoms in total. The first-order chi connectivity index (χ1) is 30.7. The number of nitrogens with one attached hydrogen (secondary N) is 3. The molecular weight excluding hydrogens is 869 g/mol. The Morgan fingerprint density at radius 1 is 0.938 bits per heavy atom. The lowest BCUT2D eigenvalue weighted by Gasteiger charge is -2.29. The second kappa shape index (κ2) is 18.2. The molecule has 1 unspecified atom stereocenters. The van der Waals surface area contributed by atoms with E-state index in [-0.39, 0.29) is 86.0 Å². The van der Waals surface area contributed by atoms with Crippen LogP contribution < -0.4 is 27.3 Å². The Kier molecular flexibility index (Phi) is 12.4. The van der Waals surface area contributed by atoms with Crippen LogP contribution in [-0.4, -0.2) is 99.9 Å². The molecule has 24 heteroatoms. The highest BCUT2D eigenvalue weighted by Crippen LogP contribution is 2.33. The van der Waals surface area contributed by atoms with Gasteiger partial charge in [0.25, 0.3) is 5.91 Å². The zero-order valence-electron chi connectivity index (χ0n) is 33.6. The number of anilines is 3. The lowest BCUT2D eigenvalue weighted by atomic mass is 10.0. The maximum atomic E-state index is 14.8.